The number of thiol groups is 1. The van der Waals surface area contributed by atoms with E-state index >= 15 is 0 Å². The number of hydrogen-bond acceptors (Lipinski definition) is 1. The molecule has 0 saturated carbocycles. The molecule has 0 rings (SSSR count). The Kier molecular flexibility index (Phi) is 6.43. The van der Waals surface area contributed by atoms with Crippen LogP contribution in [-0.2, 0) is 0 Å². The quantitative estimate of drug-likeness (QED) is 0.474. The Morgan fingerprint density at radius 2 is 2.27 bits per heavy atom. The molecule has 11 heavy (non-hydrogen) atoms. The molecule has 0 amide bonds. The number of rotatable bonds is 5. The van der Waals surface area contributed by atoms with Crippen LogP contribution in [0.25, 0.3) is 0 Å². The molecule has 0 radical (unpaired) electrons. The maximum absolute atomic E-state index is 4.12. The predicted octanol–water partition coefficient (Wildman–Crippen LogP) is 3.46. The molecule has 0 N–H and O–H groups in total. The fraction of sp³-hybridized carbons (Fsp3) is 0.600. The summed E-state index contributed by atoms with van der Waals surface area (Å²) >= 11 is 4.12. The second kappa shape index (κ2) is 6.53. The first-order valence-electron chi connectivity index (χ1n) is 4.08. The Morgan fingerprint density at radius 1 is 1.64 bits per heavy atom. The molecule has 0 heterocycles. The van der Waals surface area contributed by atoms with Crippen LogP contribution >= 0.6 is 12.6 Å². The molecule has 0 aliphatic carbocycles. The largest absolute Gasteiger partial charge is 0.179 e. The van der Waals surface area contributed by atoms with Crippen molar-refractivity contribution in [1.29, 1.82) is 0 Å². The predicted molar refractivity (Wildman–Crippen MR) is 56.2 cm³/mol. The summed E-state index contributed by atoms with van der Waals surface area (Å²) in [6, 6.07) is 0. The van der Waals surface area contributed by atoms with Crippen molar-refractivity contribution in [2.75, 3.05) is 5.75 Å². The lowest BCUT2D eigenvalue weighted by molar-refractivity contribution is 0.715. The molecule has 1 heteroatoms. The third kappa shape index (κ3) is 7.73. The molecule has 1 unspecified atom stereocenters. The number of allylic oxidation sites excluding steroid dienone is 3. The van der Waals surface area contributed by atoms with Crippen molar-refractivity contribution in [3.8, 4) is 0 Å². The Hall–Kier alpha value is -0.170. The van der Waals surface area contributed by atoms with E-state index in [0.717, 1.165) is 18.6 Å². The maximum Gasteiger partial charge on any atom is -0.00633 e. The fourth-order valence-electron chi connectivity index (χ4n) is 1.02. The zero-order valence-corrected chi connectivity index (χ0v) is 8.40. The van der Waals surface area contributed by atoms with E-state index in [1.165, 1.54) is 5.57 Å². The highest BCUT2D eigenvalue weighted by Gasteiger charge is 1.95. The molecule has 0 aliphatic rings. The summed E-state index contributed by atoms with van der Waals surface area (Å²) in [7, 11) is 0. The molecule has 0 saturated heterocycles. The SMILES string of the molecule is C=C(C)CC(C)/C=C/CCS. The smallest absolute Gasteiger partial charge is 0.00633 e. The third-order valence-electron chi connectivity index (χ3n) is 1.43. The first kappa shape index (κ1) is 10.8. The van der Waals surface area contributed by atoms with Gasteiger partial charge in [0, 0.05) is 0 Å². The van der Waals surface area contributed by atoms with Gasteiger partial charge in [0.25, 0.3) is 0 Å². The van der Waals surface area contributed by atoms with Gasteiger partial charge >= 0.3 is 0 Å². The van der Waals surface area contributed by atoms with Gasteiger partial charge in [-0.05, 0) is 31.4 Å². The molecule has 0 aliphatic heterocycles. The summed E-state index contributed by atoms with van der Waals surface area (Å²) in [6.07, 6.45) is 6.61. The van der Waals surface area contributed by atoms with Gasteiger partial charge in [-0.25, -0.2) is 0 Å². The lowest BCUT2D eigenvalue weighted by Crippen LogP contribution is -1.89. The van der Waals surface area contributed by atoms with Crippen LogP contribution in [-0.4, -0.2) is 5.75 Å². The van der Waals surface area contributed by atoms with Gasteiger partial charge in [-0.2, -0.15) is 12.6 Å². The molecular weight excluding hydrogens is 152 g/mol. The summed E-state index contributed by atoms with van der Waals surface area (Å²) < 4.78 is 0. The monoisotopic (exact) mass is 170 g/mol. The lowest BCUT2D eigenvalue weighted by Gasteiger charge is -2.03. The second-order valence-electron chi connectivity index (χ2n) is 3.08. The van der Waals surface area contributed by atoms with Crippen molar-refractivity contribution in [2.24, 2.45) is 5.92 Å². The highest BCUT2D eigenvalue weighted by Crippen LogP contribution is 2.10. The first-order valence-corrected chi connectivity index (χ1v) is 4.72. The molecule has 1 atom stereocenters. The Bertz CT molecular complexity index is 136. The van der Waals surface area contributed by atoms with Crippen molar-refractivity contribution in [1.82, 2.24) is 0 Å². The van der Waals surface area contributed by atoms with Crippen molar-refractivity contribution in [3.05, 3.63) is 24.3 Å². The van der Waals surface area contributed by atoms with Gasteiger partial charge in [-0.1, -0.05) is 24.6 Å². The average molecular weight is 170 g/mol. The van der Waals surface area contributed by atoms with Gasteiger partial charge < -0.3 is 0 Å². The van der Waals surface area contributed by atoms with Crippen molar-refractivity contribution in [2.45, 2.75) is 26.7 Å². The minimum atomic E-state index is 0.632. The minimum absolute atomic E-state index is 0.632. The molecular formula is C10H18S. The minimum Gasteiger partial charge on any atom is -0.179 e. The van der Waals surface area contributed by atoms with E-state index in [1.54, 1.807) is 0 Å². The van der Waals surface area contributed by atoms with Gasteiger partial charge in [-0.3, -0.25) is 0 Å². The standard InChI is InChI=1S/C10H18S/c1-9(2)8-10(3)6-4-5-7-11/h4,6,10-11H,1,5,7-8H2,2-3H3/b6-4+. The van der Waals surface area contributed by atoms with Crippen LogP contribution in [0.1, 0.15) is 26.7 Å². The van der Waals surface area contributed by atoms with Crippen molar-refractivity contribution < 1.29 is 0 Å². The van der Waals surface area contributed by atoms with Crippen LogP contribution in [0.2, 0.25) is 0 Å². The van der Waals surface area contributed by atoms with Crippen LogP contribution in [0.15, 0.2) is 24.3 Å². The second-order valence-corrected chi connectivity index (χ2v) is 3.53. The molecule has 0 nitrogen and oxygen atoms in total. The van der Waals surface area contributed by atoms with Crippen molar-refractivity contribution in [3.63, 3.8) is 0 Å². The van der Waals surface area contributed by atoms with Gasteiger partial charge in [0.05, 0.1) is 0 Å². The van der Waals surface area contributed by atoms with E-state index in [1.807, 2.05) is 0 Å². The Morgan fingerprint density at radius 3 is 2.73 bits per heavy atom. The van der Waals surface area contributed by atoms with E-state index in [-0.39, 0.29) is 0 Å². The van der Waals surface area contributed by atoms with Crippen LogP contribution in [0, 0.1) is 5.92 Å². The summed E-state index contributed by atoms with van der Waals surface area (Å²) in [5, 5.41) is 0. The van der Waals surface area contributed by atoms with Crippen LogP contribution in [0.5, 0.6) is 0 Å². The highest BCUT2D eigenvalue weighted by molar-refractivity contribution is 7.80. The van der Waals surface area contributed by atoms with E-state index in [0.29, 0.717) is 5.92 Å². The van der Waals surface area contributed by atoms with E-state index in [9.17, 15) is 0 Å². The highest BCUT2D eigenvalue weighted by atomic mass is 32.1. The Labute approximate surface area is 75.8 Å². The lowest BCUT2D eigenvalue weighted by atomic mass is 10.0. The summed E-state index contributed by atoms with van der Waals surface area (Å²) in [4.78, 5) is 0. The topological polar surface area (TPSA) is 0 Å². The van der Waals surface area contributed by atoms with Gasteiger partial charge in [0.15, 0.2) is 0 Å². The first-order chi connectivity index (χ1) is 5.16. The molecule has 0 aromatic carbocycles. The van der Waals surface area contributed by atoms with Crippen molar-refractivity contribution >= 4 is 12.6 Å². The molecule has 0 bridgehead atoms. The summed E-state index contributed by atoms with van der Waals surface area (Å²) in [5.74, 6) is 1.57. The summed E-state index contributed by atoms with van der Waals surface area (Å²) in [5.41, 5.74) is 1.26. The zero-order valence-electron chi connectivity index (χ0n) is 7.51. The average Bonchev–Trinajstić information content (AvgIpc) is 1.86. The van der Waals surface area contributed by atoms with E-state index in [4.69, 9.17) is 0 Å². The van der Waals surface area contributed by atoms with Crippen LogP contribution < -0.4 is 0 Å². The summed E-state index contributed by atoms with van der Waals surface area (Å²) in [6.45, 7) is 8.16. The molecule has 0 aromatic rings. The van der Waals surface area contributed by atoms with E-state index < -0.39 is 0 Å². The zero-order chi connectivity index (χ0) is 8.69. The van der Waals surface area contributed by atoms with Gasteiger partial charge in [0.1, 0.15) is 0 Å². The van der Waals surface area contributed by atoms with Gasteiger partial charge in [-0.15, -0.1) is 6.58 Å². The molecule has 0 spiro atoms. The molecule has 0 fully saturated rings. The fourth-order valence-corrected chi connectivity index (χ4v) is 1.17. The maximum atomic E-state index is 4.12. The third-order valence-corrected chi connectivity index (χ3v) is 1.69. The van der Waals surface area contributed by atoms with Gasteiger partial charge in [0.2, 0.25) is 0 Å². The molecule has 0 aromatic heterocycles. The van der Waals surface area contributed by atoms with Crippen LogP contribution in [0.3, 0.4) is 0 Å². The Balaban J connectivity index is 3.50. The van der Waals surface area contributed by atoms with Crippen LogP contribution in [0.4, 0.5) is 0 Å². The van der Waals surface area contributed by atoms with E-state index in [2.05, 4.69) is 45.2 Å². The number of hydrogen-bond donors (Lipinski definition) is 1. The molecule has 64 valence electrons. The normalized spacial score (nSPS) is 13.7.